The zero-order valence-corrected chi connectivity index (χ0v) is 18.3. The van der Waals surface area contributed by atoms with Gasteiger partial charge in [0.2, 0.25) is 0 Å². The summed E-state index contributed by atoms with van der Waals surface area (Å²) < 4.78 is 7.68. The summed E-state index contributed by atoms with van der Waals surface area (Å²) in [6.07, 6.45) is 2.81. The van der Waals surface area contributed by atoms with E-state index >= 15 is 0 Å². The Morgan fingerprint density at radius 1 is 1.10 bits per heavy atom. The highest BCUT2D eigenvalue weighted by Crippen LogP contribution is 2.16. The number of hydroxylamine groups is 1. The van der Waals surface area contributed by atoms with E-state index in [-0.39, 0.29) is 11.7 Å². The van der Waals surface area contributed by atoms with Crippen molar-refractivity contribution in [3.63, 3.8) is 0 Å². The van der Waals surface area contributed by atoms with E-state index in [0.717, 1.165) is 17.7 Å². The van der Waals surface area contributed by atoms with Crippen LogP contribution in [0.25, 0.3) is 0 Å². The second kappa shape index (κ2) is 10.6. The molecule has 31 heavy (non-hydrogen) atoms. The molecule has 3 aromatic rings. The molecule has 7 heteroatoms. The minimum atomic E-state index is -0.418. The van der Waals surface area contributed by atoms with Gasteiger partial charge in [-0.15, -0.1) is 0 Å². The van der Waals surface area contributed by atoms with Gasteiger partial charge in [-0.25, -0.2) is 5.48 Å². The molecule has 0 saturated heterocycles. The van der Waals surface area contributed by atoms with Crippen molar-refractivity contribution in [1.29, 1.82) is 0 Å². The summed E-state index contributed by atoms with van der Waals surface area (Å²) in [5.74, 6) is 0.437. The van der Waals surface area contributed by atoms with E-state index in [0.29, 0.717) is 37.6 Å². The van der Waals surface area contributed by atoms with E-state index in [1.807, 2.05) is 59.0 Å². The van der Waals surface area contributed by atoms with Crippen LogP contribution in [0, 0.1) is 6.92 Å². The molecule has 0 radical (unpaired) electrons. The lowest BCUT2D eigenvalue weighted by Gasteiger charge is -2.23. The van der Waals surface area contributed by atoms with E-state index in [1.165, 1.54) is 0 Å². The molecule has 3 rings (SSSR count). The van der Waals surface area contributed by atoms with Crippen molar-refractivity contribution in [2.24, 2.45) is 0 Å². The fourth-order valence-corrected chi connectivity index (χ4v) is 3.28. The minimum absolute atomic E-state index is 0.0162. The van der Waals surface area contributed by atoms with E-state index < -0.39 is 5.91 Å². The Bertz CT molecular complexity index is 1000. The largest absolute Gasteiger partial charge is 0.454 e. The van der Waals surface area contributed by atoms with Gasteiger partial charge in [0.25, 0.3) is 5.91 Å². The molecule has 2 amide bonds. The van der Waals surface area contributed by atoms with Crippen LogP contribution in [0.3, 0.4) is 0 Å². The van der Waals surface area contributed by atoms with Crippen molar-refractivity contribution in [3.05, 3.63) is 83.1 Å². The fraction of sp³-hybridized carbons (Fsp3) is 0.333. The summed E-state index contributed by atoms with van der Waals surface area (Å²) in [5, 5.41) is 0. The molecule has 1 N–H and O–H groups in total. The van der Waals surface area contributed by atoms with Crippen LogP contribution in [0.4, 0.5) is 0 Å². The number of aromatic nitrogens is 1. The number of hydrogen-bond acceptors (Lipinski definition) is 4. The van der Waals surface area contributed by atoms with Crippen LogP contribution >= 0.6 is 0 Å². The van der Waals surface area contributed by atoms with Crippen LogP contribution in [-0.2, 0) is 17.9 Å². The van der Waals surface area contributed by atoms with Gasteiger partial charge in [0.15, 0.2) is 5.76 Å². The predicted octanol–water partition coefficient (Wildman–Crippen LogP) is 4.17. The Balaban J connectivity index is 1.71. The molecule has 7 nitrogen and oxygen atoms in total. The highest BCUT2D eigenvalue weighted by Gasteiger charge is 2.18. The maximum atomic E-state index is 13.0. The van der Waals surface area contributed by atoms with Crippen molar-refractivity contribution < 1.29 is 18.8 Å². The lowest BCUT2D eigenvalue weighted by molar-refractivity contribution is 0.0339. The first kappa shape index (κ1) is 22.4. The van der Waals surface area contributed by atoms with Crippen LogP contribution in [0.1, 0.15) is 58.2 Å². The number of carbonyl (C=O) groups is 2. The van der Waals surface area contributed by atoms with Gasteiger partial charge < -0.3 is 13.9 Å². The summed E-state index contributed by atoms with van der Waals surface area (Å²) in [6.45, 7) is 7.85. The van der Waals surface area contributed by atoms with Crippen LogP contribution in [-0.4, -0.2) is 34.4 Å². The maximum absolute atomic E-state index is 13.0. The first-order valence-electron chi connectivity index (χ1n) is 10.5. The molecule has 0 bridgehead atoms. The number of nitrogens with one attached hydrogen (secondary N) is 1. The third kappa shape index (κ3) is 5.86. The van der Waals surface area contributed by atoms with Gasteiger partial charge in [-0.05, 0) is 56.7 Å². The quantitative estimate of drug-likeness (QED) is 0.497. The van der Waals surface area contributed by atoms with Crippen molar-refractivity contribution in [2.75, 3.05) is 13.2 Å². The number of amides is 2. The third-order valence-corrected chi connectivity index (χ3v) is 4.88. The van der Waals surface area contributed by atoms with E-state index in [4.69, 9.17) is 9.25 Å². The highest BCUT2D eigenvalue weighted by molar-refractivity contribution is 5.94. The Labute approximate surface area is 182 Å². The predicted molar refractivity (Wildman–Crippen MR) is 118 cm³/mol. The van der Waals surface area contributed by atoms with Gasteiger partial charge in [0, 0.05) is 24.0 Å². The Kier molecular flexibility index (Phi) is 7.67. The average molecular weight is 424 g/mol. The van der Waals surface area contributed by atoms with Gasteiger partial charge in [0.1, 0.15) is 5.76 Å². The molecule has 2 aromatic heterocycles. The number of hydrogen-bond donors (Lipinski definition) is 1. The molecule has 0 saturated carbocycles. The first-order chi connectivity index (χ1) is 15.0. The first-order valence-corrected chi connectivity index (χ1v) is 10.5. The van der Waals surface area contributed by atoms with Gasteiger partial charge in [-0.2, -0.15) is 0 Å². The topological polar surface area (TPSA) is 76.7 Å². The number of carbonyl (C=O) groups excluding carboxylic acids is 2. The molecule has 0 spiro atoms. The smallest absolute Gasteiger partial charge is 0.310 e. The van der Waals surface area contributed by atoms with Gasteiger partial charge in [-0.1, -0.05) is 24.6 Å². The molecule has 0 aliphatic carbocycles. The molecular formula is C24H29N3O4. The van der Waals surface area contributed by atoms with Crippen LogP contribution in [0.15, 0.2) is 59.1 Å². The average Bonchev–Trinajstić information content (AvgIpc) is 3.42. The van der Waals surface area contributed by atoms with Crippen LogP contribution in [0.5, 0.6) is 0 Å². The molecular weight excluding hydrogens is 394 g/mol. The van der Waals surface area contributed by atoms with Gasteiger partial charge in [-0.3, -0.25) is 14.4 Å². The van der Waals surface area contributed by atoms with E-state index in [2.05, 4.69) is 12.4 Å². The molecule has 0 atom stereocenters. The fourth-order valence-electron chi connectivity index (χ4n) is 3.28. The van der Waals surface area contributed by atoms with Crippen molar-refractivity contribution in [2.45, 2.75) is 40.3 Å². The normalized spacial score (nSPS) is 10.8. The lowest BCUT2D eigenvalue weighted by atomic mass is 10.1. The van der Waals surface area contributed by atoms with Crippen LogP contribution < -0.4 is 5.48 Å². The molecule has 2 heterocycles. The SMILES string of the molecule is CCCN(Cc1cccn1Cc1ccc(C(=O)NOCC)o1)C(=O)c1ccc(C)cc1. The summed E-state index contributed by atoms with van der Waals surface area (Å²) in [7, 11) is 0. The summed E-state index contributed by atoms with van der Waals surface area (Å²) in [5.41, 5.74) is 5.12. The van der Waals surface area contributed by atoms with E-state index in [9.17, 15) is 9.59 Å². The van der Waals surface area contributed by atoms with Gasteiger partial charge in [0.05, 0.1) is 19.7 Å². The molecule has 0 fully saturated rings. The standard InChI is InChI=1S/C24H29N3O4/c1-4-14-27(24(29)19-10-8-18(3)9-11-19)16-20-7-6-15-26(20)17-21-12-13-22(31-21)23(28)25-30-5-2/h6-13,15H,4-5,14,16-17H2,1-3H3,(H,25,28). The summed E-state index contributed by atoms with van der Waals surface area (Å²) in [4.78, 5) is 31.8. The van der Waals surface area contributed by atoms with Crippen molar-refractivity contribution in [3.8, 4) is 0 Å². The second-order valence-electron chi connectivity index (χ2n) is 7.35. The second-order valence-corrected chi connectivity index (χ2v) is 7.35. The lowest BCUT2D eigenvalue weighted by Crippen LogP contribution is -2.32. The minimum Gasteiger partial charge on any atom is -0.454 e. The Morgan fingerprint density at radius 2 is 1.87 bits per heavy atom. The third-order valence-electron chi connectivity index (χ3n) is 4.88. The van der Waals surface area contributed by atoms with E-state index in [1.54, 1.807) is 19.1 Å². The number of aryl methyl sites for hydroxylation is 1. The molecule has 0 aliphatic rings. The van der Waals surface area contributed by atoms with Crippen molar-refractivity contribution >= 4 is 11.8 Å². The van der Waals surface area contributed by atoms with Crippen molar-refractivity contribution in [1.82, 2.24) is 14.9 Å². The Hall–Kier alpha value is -3.32. The molecule has 164 valence electrons. The number of benzene rings is 1. The summed E-state index contributed by atoms with van der Waals surface area (Å²) in [6, 6.07) is 15.0. The molecule has 0 aliphatic heterocycles. The summed E-state index contributed by atoms with van der Waals surface area (Å²) >= 11 is 0. The highest BCUT2D eigenvalue weighted by atomic mass is 16.7. The Morgan fingerprint density at radius 3 is 2.58 bits per heavy atom. The molecule has 1 aromatic carbocycles. The number of rotatable bonds is 10. The monoisotopic (exact) mass is 423 g/mol. The zero-order chi connectivity index (χ0) is 22.2. The maximum Gasteiger partial charge on any atom is 0.310 e. The zero-order valence-electron chi connectivity index (χ0n) is 18.3. The molecule has 0 unspecified atom stereocenters. The van der Waals surface area contributed by atoms with Gasteiger partial charge >= 0.3 is 5.91 Å². The number of nitrogens with zero attached hydrogens (tertiary/aromatic N) is 2. The number of furan rings is 1. The van der Waals surface area contributed by atoms with Crippen LogP contribution in [0.2, 0.25) is 0 Å².